The van der Waals surface area contributed by atoms with Crippen LogP contribution in [0.25, 0.3) is 12.2 Å². The minimum Gasteiger partial charge on any atom is -0.141 e. The zero-order valence-electron chi connectivity index (χ0n) is 13.8. The van der Waals surface area contributed by atoms with Gasteiger partial charge >= 0.3 is 0 Å². The molecule has 0 saturated heterocycles. The molecule has 0 aliphatic rings. The van der Waals surface area contributed by atoms with Crippen LogP contribution >= 0.6 is 22.7 Å². The first-order valence-electron chi connectivity index (χ1n) is 7.84. The van der Waals surface area contributed by atoms with Crippen molar-refractivity contribution in [2.24, 2.45) is 0 Å². The first kappa shape index (κ1) is 16.5. The second-order valence-electron chi connectivity index (χ2n) is 6.32. The third kappa shape index (κ3) is 4.08. The van der Waals surface area contributed by atoms with Crippen LogP contribution in [0.1, 0.15) is 72.9 Å². The Hall–Kier alpha value is -0.860. The molecule has 1 unspecified atom stereocenters. The maximum absolute atomic E-state index is 2.32. The SMILES string of the molecule is CCC(C)c1ccc(/C=C/c2ccc(C(C)(C)CC)s2)s1. The molecule has 21 heavy (non-hydrogen) atoms. The van der Waals surface area contributed by atoms with Gasteiger partial charge in [-0.15, -0.1) is 22.7 Å². The molecule has 0 spiro atoms. The van der Waals surface area contributed by atoms with E-state index in [2.05, 4.69) is 71.0 Å². The first-order chi connectivity index (χ1) is 9.96. The van der Waals surface area contributed by atoms with Gasteiger partial charge in [0.05, 0.1) is 0 Å². The molecule has 0 aliphatic heterocycles. The van der Waals surface area contributed by atoms with Crippen molar-refractivity contribution in [1.82, 2.24) is 0 Å². The van der Waals surface area contributed by atoms with Crippen molar-refractivity contribution in [1.29, 1.82) is 0 Å². The summed E-state index contributed by atoms with van der Waals surface area (Å²) < 4.78 is 0. The van der Waals surface area contributed by atoms with Gasteiger partial charge < -0.3 is 0 Å². The fourth-order valence-corrected chi connectivity index (χ4v) is 4.20. The van der Waals surface area contributed by atoms with Crippen molar-refractivity contribution in [3.05, 3.63) is 43.8 Å². The quantitative estimate of drug-likeness (QED) is 0.529. The van der Waals surface area contributed by atoms with Crippen LogP contribution in [0.5, 0.6) is 0 Å². The second kappa shape index (κ2) is 6.93. The van der Waals surface area contributed by atoms with Crippen LogP contribution in [0.4, 0.5) is 0 Å². The van der Waals surface area contributed by atoms with Crippen molar-refractivity contribution in [3.8, 4) is 0 Å². The summed E-state index contributed by atoms with van der Waals surface area (Å²) in [5.74, 6) is 0.677. The number of hydrogen-bond acceptors (Lipinski definition) is 2. The fraction of sp³-hybridized carbons (Fsp3) is 0.474. The minimum absolute atomic E-state index is 0.295. The van der Waals surface area contributed by atoms with Crippen LogP contribution in [0, 0.1) is 0 Å². The van der Waals surface area contributed by atoms with Crippen LogP contribution in [-0.2, 0) is 5.41 Å². The van der Waals surface area contributed by atoms with E-state index in [-0.39, 0.29) is 0 Å². The lowest BCUT2D eigenvalue weighted by atomic mass is 9.89. The lowest BCUT2D eigenvalue weighted by Gasteiger charge is -2.20. The summed E-state index contributed by atoms with van der Waals surface area (Å²) in [5.41, 5.74) is 0.295. The Morgan fingerprint density at radius 2 is 1.62 bits per heavy atom. The van der Waals surface area contributed by atoms with E-state index in [0.29, 0.717) is 11.3 Å². The van der Waals surface area contributed by atoms with Crippen LogP contribution in [0.2, 0.25) is 0 Å². The van der Waals surface area contributed by atoms with Crippen LogP contribution in [0.3, 0.4) is 0 Å². The molecule has 0 amide bonds. The van der Waals surface area contributed by atoms with Gasteiger partial charge in [-0.05, 0) is 60.6 Å². The van der Waals surface area contributed by atoms with E-state index in [4.69, 9.17) is 0 Å². The van der Waals surface area contributed by atoms with Crippen molar-refractivity contribution in [3.63, 3.8) is 0 Å². The van der Waals surface area contributed by atoms with Gasteiger partial charge in [-0.1, -0.05) is 34.6 Å². The lowest BCUT2D eigenvalue weighted by molar-refractivity contribution is 0.517. The molecule has 0 bridgehead atoms. The number of hydrogen-bond donors (Lipinski definition) is 0. The van der Waals surface area contributed by atoms with Gasteiger partial charge in [-0.2, -0.15) is 0 Å². The Bertz CT molecular complexity index is 599. The van der Waals surface area contributed by atoms with Crippen LogP contribution in [-0.4, -0.2) is 0 Å². The van der Waals surface area contributed by atoms with Crippen molar-refractivity contribution in [2.75, 3.05) is 0 Å². The molecule has 2 heteroatoms. The Balaban J connectivity index is 2.09. The molecule has 0 radical (unpaired) electrons. The zero-order chi connectivity index (χ0) is 15.5. The molecular weight excluding hydrogens is 292 g/mol. The van der Waals surface area contributed by atoms with E-state index in [1.165, 1.54) is 32.4 Å². The maximum Gasteiger partial charge on any atom is 0.0273 e. The Morgan fingerprint density at radius 3 is 2.24 bits per heavy atom. The summed E-state index contributed by atoms with van der Waals surface area (Å²) in [7, 11) is 0. The summed E-state index contributed by atoms with van der Waals surface area (Å²) in [5, 5.41) is 0. The van der Waals surface area contributed by atoms with Crippen molar-refractivity contribution >= 4 is 34.8 Å². The van der Waals surface area contributed by atoms with E-state index in [1.807, 2.05) is 22.7 Å². The number of thiophene rings is 2. The monoisotopic (exact) mass is 318 g/mol. The molecule has 0 aromatic carbocycles. The average molecular weight is 319 g/mol. The summed E-state index contributed by atoms with van der Waals surface area (Å²) in [6.45, 7) is 11.5. The largest absolute Gasteiger partial charge is 0.141 e. The van der Waals surface area contributed by atoms with Gasteiger partial charge in [-0.25, -0.2) is 0 Å². The number of rotatable bonds is 6. The predicted molar refractivity (Wildman–Crippen MR) is 99.6 cm³/mol. The molecule has 1 atom stereocenters. The summed E-state index contributed by atoms with van der Waals surface area (Å²) in [6, 6.07) is 9.05. The molecule has 0 N–H and O–H groups in total. The van der Waals surface area contributed by atoms with Gasteiger partial charge in [-0.3, -0.25) is 0 Å². The highest BCUT2D eigenvalue weighted by Crippen LogP contribution is 2.34. The van der Waals surface area contributed by atoms with Crippen LogP contribution < -0.4 is 0 Å². The first-order valence-corrected chi connectivity index (χ1v) is 9.47. The van der Waals surface area contributed by atoms with E-state index in [1.54, 1.807) is 0 Å². The van der Waals surface area contributed by atoms with E-state index < -0.39 is 0 Å². The normalized spacial score (nSPS) is 14.0. The smallest absolute Gasteiger partial charge is 0.0273 e. The van der Waals surface area contributed by atoms with Gasteiger partial charge in [0.25, 0.3) is 0 Å². The molecule has 0 fully saturated rings. The highest BCUT2D eigenvalue weighted by molar-refractivity contribution is 7.13. The molecule has 0 aliphatic carbocycles. The van der Waals surface area contributed by atoms with Gasteiger partial charge in [0.15, 0.2) is 0 Å². The summed E-state index contributed by atoms with van der Waals surface area (Å²) >= 11 is 3.84. The van der Waals surface area contributed by atoms with Crippen LogP contribution in [0.15, 0.2) is 24.3 Å². The summed E-state index contributed by atoms with van der Waals surface area (Å²) in [4.78, 5) is 5.69. The Kier molecular flexibility index (Phi) is 5.45. The van der Waals surface area contributed by atoms with E-state index >= 15 is 0 Å². The minimum atomic E-state index is 0.295. The molecule has 2 rings (SSSR count). The summed E-state index contributed by atoms with van der Waals surface area (Å²) in [6.07, 6.45) is 6.90. The molecule has 0 nitrogen and oxygen atoms in total. The topological polar surface area (TPSA) is 0 Å². The molecule has 2 aromatic rings. The standard InChI is InChI=1S/C19H26S2/c1-6-14(3)17-12-10-15(20-17)8-9-16-11-13-18(21-16)19(4,5)7-2/h8-14H,6-7H2,1-5H3/b9-8+. The highest BCUT2D eigenvalue weighted by Gasteiger charge is 2.19. The molecule has 2 aromatic heterocycles. The zero-order valence-corrected chi connectivity index (χ0v) is 15.4. The van der Waals surface area contributed by atoms with E-state index in [9.17, 15) is 0 Å². The molecule has 114 valence electrons. The lowest BCUT2D eigenvalue weighted by Crippen LogP contribution is -2.12. The molecule has 0 saturated carbocycles. The fourth-order valence-electron chi connectivity index (χ4n) is 2.07. The van der Waals surface area contributed by atoms with Gasteiger partial charge in [0, 0.05) is 19.5 Å². The van der Waals surface area contributed by atoms with Crippen molar-refractivity contribution in [2.45, 2.75) is 58.8 Å². The third-order valence-corrected chi connectivity index (χ3v) is 7.03. The Labute approximate surface area is 137 Å². The molecular formula is C19H26S2. The average Bonchev–Trinajstić information content (AvgIpc) is 3.13. The maximum atomic E-state index is 2.32. The molecule has 2 heterocycles. The third-order valence-electron chi connectivity index (χ3n) is 4.34. The van der Waals surface area contributed by atoms with Gasteiger partial charge in [0.2, 0.25) is 0 Å². The second-order valence-corrected chi connectivity index (χ2v) is 8.58. The predicted octanol–water partition coefficient (Wildman–Crippen LogP) is 7.18. The highest BCUT2D eigenvalue weighted by atomic mass is 32.1. The van der Waals surface area contributed by atoms with Crippen molar-refractivity contribution < 1.29 is 0 Å². The van der Waals surface area contributed by atoms with Gasteiger partial charge in [0.1, 0.15) is 0 Å². The Morgan fingerprint density at radius 1 is 1.00 bits per heavy atom. The van der Waals surface area contributed by atoms with E-state index in [0.717, 1.165) is 0 Å².